The lowest BCUT2D eigenvalue weighted by Crippen LogP contribution is -2.11. The van der Waals surface area contributed by atoms with Crippen LogP contribution in [0.4, 0.5) is 5.69 Å². The standard InChI is InChI=1S/C9H9NO5/c1-5-4-6(10(14)15)2-3-7(5)8(11)9(12)13/h2-4,8,11H,1H3,(H,12,13). The summed E-state index contributed by atoms with van der Waals surface area (Å²) in [6, 6.07) is 3.63. The van der Waals surface area contributed by atoms with Gasteiger partial charge in [0, 0.05) is 12.1 Å². The first kappa shape index (κ1) is 11.1. The van der Waals surface area contributed by atoms with Gasteiger partial charge in [0.15, 0.2) is 6.10 Å². The number of nitro groups is 1. The number of rotatable bonds is 3. The van der Waals surface area contributed by atoms with Crippen LogP contribution in [0.3, 0.4) is 0 Å². The summed E-state index contributed by atoms with van der Waals surface area (Å²) in [6.45, 7) is 1.51. The van der Waals surface area contributed by atoms with Crippen LogP contribution >= 0.6 is 0 Å². The molecule has 1 aromatic carbocycles. The Balaban J connectivity index is 3.13. The molecule has 0 saturated carbocycles. The summed E-state index contributed by atoms with van der Waals surface area (Å²) in [5.41, 5.74) is 0.404. The van der Waals surface area contributed by atoms with Crippen molar-refractivity contribution in [1.82, 2.24) is 0 Å². The molecule has 1 rings (SSSR count). The minimum absolute atomic E-state index is 0.131. The largest absolute Gasteiger partial charge is 0.479 e. The highest BCUT2D eigenvalue weighted by Gasteiger charge is 2.19. The zero-order valence-corrected chi connectivity index (χ0v) is 7.88. The van der Waals surface area contributed by atoms with Gasteiger partial charge in [0.25, 0.3) is 5.69 Å². The third-order valence-corrected chi connectivity index (χ3v) is 1.99. The molecule has 0 fully saturated rings. The van der Waals surface area contributed by atoms with Gasteiger partial charge >= 0.3 is 5.97 Å². The van der Waals surface area contributed by atoms with E-state index in [4.69, 9.17) is 5.11 Å². The summed E-state index contributed by atoms with van der Waals surface area (Å²) < 4.78 is 0. The fourth-order valence-corrected chi connectivity index (χ4v) is 1.21. The molecule has 0 heterocycles. The number of hydrogen-bond donors (Lipinski definition) is 2. The Hall–Kier alpha value is -1.95. The minimum atomic E-state index is -1.65. The van der Waals surface area contributed by atoms with Crippen molar-refractivity contribution in [2.45, 2.75) is 13.0 Å². The number of carboxylic acid groups (broad SMARTS) is 1. The number of nitro benzene ring substituents is 1. The Labute approximate surface area is 84.9 Å². The number of non-ortho nitro benzene ring substituents is 1. The van der Waals surface area contributed by atoms with Crippen molar-refractivity contribution in [3.63, 3.8) is 0 Å². The van der Waals surface area contributed by atoms with Crippen molar-refractivity contribution in [1.29, 1.82) is 0 Å². The van der Waals surface area contributed by atoms with Crippen LogP contribution in [0.25, 0.3) is 0 Å². The Morgan fingerprint density at radius 2 is 2.13 bits per heavy atom. The van der Waals surface area contributed by atoms with E-state index in [1.165, 1.54) is 19.1 Å². The number of aryl methyl sites for hydroxylation is 1. The molecule has 1 atom stereocenters. The van der Waals surface area contributed by atoms with Gasteiger partial charge in [-0.05, 0) is 24.1 Å². The minimum Gasteiger partial charge on any atom is -0.479 e. The smallest absolute Gasteiger partial charge is 0.337 e. The number of aliphatic hydroxyl groups excluding tert-OH is 1. The molecule has 1 aromatic rings. The van der Waals surface area contributed by atoms with Crippen LogP contribution in [-0.4, -0.2) is 21.1 Å². The van der Waals surface area contributed by atoms with Crippen LogP contribution in [-0.2, 0) is 4.79 Å². The molecule has 0 aromatic heterocycles. The van der Waals surface area contributed by atoms with Crippen molar-refractivity contribution >= 4 is 11.7 Å². The molecule has 1 unspecified atom stereocenters. The number of nitrogens with zero attached hydrogens (tertiary/aromatic N) is 1. The van der Waals surface area contributed by atoms with Gasteiger partial charge in [0.05, 0.1) is 4.92 Å². The van der Waals surface area contributed by atoms with Crippen LogP contribution in [0.15, 0.2) is 18.2 Å². The van der Waals surface area contributed by atoms with E-state index in [-0.39, 0.29) is 11.3 Å². The fourth-order valence-electron chi connectivity index (χ4n) is 1.21. The second kappa shape index (κ2) is 4.05. The van der Waals surface area contributed by atoms with Crippen molar-refractivity contribution < 1.29 is 19.9 Å². The van der Waals surface area contributed by atoms with Crippen molar-refractivity contribution in [3.8, 4) is 0 Å². The van der Waals surface area contributed by atoms with Gasteiger partial charge in [-0.15, -0.1) is 0 Å². The molecule has 0 spiro atoms. The summed E-state index contributed by atoms with van der Waals surface area (Å²) in [5, 5.41) is 28.2. The number of aliphatic hydroxyl groups is 1. The molecule has 15 heavy (non-hydrogen) atoms. The Morgan fingerprint density at radius 3 is 2.53 bits per heavy atom. The molecule has 2 N–H and O–H groups in total. The predicted octanol–water partition coefficient (Wildman–Crippen LogP) is 1.02. The normalized spacial score (nSPS) is 12.1. The molecule has 0 amide bonds. The molecule has 0 aliphatic heterocycles. The van der Waals surface area contributed by atoms with E-state index >= 15 is 0 Å². The topological polar surface area (TPSA) is 101 Å². The molecule has 0 aliphatic carbocycles. The van der Waals surface area contributed by atoms with E-state index in [1.54, 1.807) is 0 Å². The summed E-state index contributed by atoms with van der Waals surface area (Å²) in [4.78, 5) is 20.3. The predicted molar refractivity (Wildman–Crippen MR) is 50.4 cm³/mol. The number of carbonyl (C=O) groups is 1. The number of carboxylic acids is 1. The second-order valence-corrected chi connectivity index (χ2v) is 3.04. The molecule has 0 bridgehead atoms. The Bertz CT molecular complexity index is 415. The number of hydrogen-bond acceptors (Lipinski definition) is 4. The monoisotopic (exact) mass is 211 g/mol. The lowest BCUT2D eigenvalue weighted by molar-refractivity contribution is -0.384. The molecule has 80 valence electrons. The van der Waals surface area contributed by atoms with E-state index in [9.17, 15) is 20.0 Å². The molecular formula is C9H9NO5. The zero-order chi connectivity index (χ0) is 11.6. The highest BCUT2D eigenvalue weighted by Crippen LogP contribution is 2.22. The molecule has 0 aliphatic rings. The molecule has 6 nitrogen and oxygen atoms in total. The first-order valence-electron chi connectivity index (χ1n) is 4.09. The summed E-state index contributed by atoms with van der Waals surface area (Å²) in [5.74, 6) is -1.38. The Kier molecular flexibility index (Phi) is 3.01. The first-order valence-corrected chi connectivity index (χ1v) is 4.09. The van der Waals surface area contributed by atoms with Crippen molar-refractivity contribution in [2.75, 3.05) is 0 Å². The van der Waals surface area contributed by atoms with Gasteiger partial charge in [-0.2, -0.15) is 0 Å². The molecule has 0 radical (unpaired) electrons. The van der Waals surface area contributed by atoms with Crippen LogP contribution in [0, 0.1) is 17.0 Å². The van der Waals surface area contributed by atoms with Gasteiger partial charge in [-0.1, -0.05) is 0 Å². The lowest BCUT2D eigenvalue weighted by atomic mass is 10.0. The maximum atomic E-state index is 10.5. The average Bonchev–Trinajstić information content (AvgIpc) is 2.16. The van der Waals surface area contributed by atoms with Crippen molar-refractivity contribution in [3.05, 3.63) is 39.4 Å². The third kappa shape index (κ3) is 2.29. The highest BCUT2D eigenvalue weighted by atomic mass is 16.6. The van der Waals surface area contributed by atoms with Gasteiger partial charge in [0.2, 0.25) is 0 Å². The van der Waals surface area contributed by atoms with E-state index in [2.05, 4.69) is 0 Å². The number of benzene rings is 1. The number of aliphatic carboxylic acids is 1. The van der Waals surface area contributed by atoms with Crippen LogP contribution < -0.4 is 0 Å². The third-order valence-electron chi connectivity index (χ3n) is 1.99. The van der Waals surface area contributed by atoms with Gasteiger partial charge in [-0.3, -0.25) is 10.1 Å². The maximum absolute atomic E-state index is 10.5. The quantitative estimate of drug-likeness (QED) is 0.574. The fraction of sp³-hybridized carbons (Fsp3) is 0.222. The average molecular weight is 211 g/mol. The van der Waals surface area contributed by atoms with Crippen LogP contribution in [0.2, 0.25) is 0 Å². The van der Waals surface area contributed by atoms with Crippen LogP contribution in [0.5, 0.6) is 0 Å². The SMILES string of the molecule is Cc1cc([N+](=O)[O-])ccc1C(O)C(=O)O. The van der Waals surface area contributed by atoms with Gasteiger partial charge in [0.1, 0.15) is 0 Å². The van der Waals surface area contributed by atoms with E-state index in [0.717, 1.165) is 6.07 Å². The first-order chi connectivity index (χ1) is 6.93. The van der Waals surface area contributed by atoms with Gasteiger partial charge < -0.3 is 10.2 Å². The maximum Gasteiger partial charge on any atom is 0.337 e. The molecular weight excluding hydrogens is 202 g/mol. The zero-order valence-electron chi connectivity index (χ0n) is 7.88. The Morgan fingerprint density at radius 1 is 1.53 bits per heavy atom. The summed E-state index contributed by atoms with van der Waals surface area (Å²) in [6.07, 6.45) is -1.65. The van der Waals surface area contributed by atoms with E-state index in [1.807, 2.05) is 0 Å². The molecule has 0 saturated heterocycles. The van der Waals surface area contributed by atoms with Crippen molar-refractivity contribution in [2.24, 2.45) is 0 Å². The summed E-state index contributed by atoms with van der Waals surface area (Å²) in [7, 11) is 0. The molecule has 6 heteroatoms. The highest BCUT2D eigenvalue weighted by molar-refractivity contribution is 5.74. The second-order valence-electron chi connectivity index (χ2n) is 3.04. The van der Waals surface area contributed by atoms with Gasteiger partial charge in [-0.25, -0.2) is 4.79 Å². The van der Waals surface area contributed by atoms with Crippen LogP contribution in [0.1, 0.15) is 17.2 Å². The lowest BCUT2D eigenvalue weighted by Gasteiger charge is -2.08. The van der Waals surface area contributed by atoms with E-state index < -0.39 is 17.0 Å². The summed E-state index contributed by atoms with van der Waals surface area (Å²) >= 11 is 0. The van der Waals surface area contributed by atoms with E-state index in [0.29, 0.717) is 5.56 Å².